The Morgan fingerprint density at radius 3 is 2.94 bits per heavy atom. The van der Waals surface area contributed by atoms with Crippen LogP contribution in [0.25, 0.3) is 0 Å². The van der Waals surface area contributed by atoms with E-state index in [9.17, 15) is 9.18 Å². The predicted molar refractivity (Wildman–Crippen MR) is 66.1 cm³/mol. The van der Waals surface area contributed by atoms with Gasteiger partial charge in [-0.25, -0.2) is 4.39 Å². The number of alkyl halides is 1. The molecule has 0 amide bonds. The summed E-state index contributed by atoms with van der Waals surface area (Å²) in [6, 6.07) is 7.27. The number of piperidine rings is 1. The van der Waals surface area contributed by atoms with Gasteiger partial charge < -0.3 is 4.90 Å². The number of halogens is 1. The van der Waals surface area contributed by atoms with Crippen molar-refractivity contribution in [2.45, 2.75) is 24.9 Å². The van der Waals surface area contributed by atoms with Crippen molar-refractivity contribution in [2.75, 3.05) is 20.1 Å². The summed E-state index contributed by atoms with van der Waals surface area (Å²) in [5.41, 5.74) is 0.240. The maximum Gasteiger partial charge on any atom is 0.150 e. The van der Waals surface area contributed by atoms with Crippen LogP contribution in [-0.4, -0.2) is 37.0 Å². The lowest BCUT2D eigenvalue weighted by atomic mass is 9.87. The van der Waals surface area contributed by atoms with Crippen LogP contribution in [0.3, 0.4) is 0 Å². The molecule has 92 valence electrons. The van der Waals surface area contributed by atoms with Crippen molar-refractivity contribution < 1.29 is 9.18 Å². The second-order valence-electron chi connectivity index (χ2n) is 4.99. The van der Waals surface area contributed by atoms with Crippen molar-refractivity contribution in [1.82, 2.24) is 4.90 Å². The fourth-order valence-electron chi connectivity index (χ4n) is 2.60. The Labute approximate surface area is 101 Å². The third-order valence-electron chi connectivity index (χ3n) is 3.41. The van der Waals surface area contributed by atoms with Crippen molar-refractivity contribution in [3.8, 4) is 0 Å². The van der Waals surface area contributed by atoms with Crippen LogP contribution in [0.5, 0.6) is 0 Å². The van der Waals surface area contributed by atoms with Gasteiger partial charge in [-0.3, -0.25) is 4.79 Å². The molecule has 2 rings (SSSR count). The van der Waals surface area contributed by atoms with Gasteiger partial charge in [-0.2, -0.15) is 0 Å². The van der Waals surface area contributed by atoms with E-state index in [1.54, 1.807) is 6.07 Å². The van der Waals surface area contributed by atoms with E-state index in [2.05, 4.69) is 0 Å². The molecule has 1 aromatic carbocycles. The van der Waals surface area contributed by atoms with Crippen LogP contribution < -0.4 is 0 Å². The molecule has 0 spiro atoms. The van der Waals surface area contributed by atoms with Crippen LogP contribution in [0.2, 0.25) is 0 Å². The van der Waals surface area contributed by atoms with Gasteiger partial charge in [0.05, 0.1) is 0 Å². The lowest BCUT2D eigenvalue weighted by Gasteiger charge is -2.35. The molecular weight excluding hydrogens is 217 g/mol. The normalized spacial score (nSPS) is 25.8. The molecule has 2 nitrogen and oxygen atoms in total. The van der Waals surface area contributed by atoms with Gasteiger partial charge in [-0.15, -0.1) is 0 Å². The fourth-order valence-corrected chi connectivity index (χ4v) is 2.60. The largest absolute Gasteiger partial charge is 0.303 e. The van der Waals surface area contributed by atoms with Crippen molar-refractivity contribution >= 4 is 6.29 Å². The Bertz CT molecular complexity index is 407. The molecule has 1 heterocycles. The quantitative estimate of drug-likeness (QED) is 0.750. The number of carbonyl (C=O) groups excluding carboxylic acids is 1. The first-order valence-electron chi connectivity index (χ1n) is 6.03. The summed E-state index contributed by atoms with van der Waals surface area (Å²) < 4.78 is 14.7. The van der Waals surface area contributed by atoms with Gasteiger partial charge in [-0.1, -0.05) is 24.3 Å². The van der Waals surface area contributed by atoms with Gasteiger partial charge in [0.15, 0.2) is 0 Å². The zero-order valence-electron chi connectivity index (χ0n) is 10.2. The van der Waals surface area contributed by atoms with Crippen LogP contribution in [0.1, 0.15) is 28.8 Å². The van der Waals surface area contributed by atoms with Crippen LogP contribution in [0.4, 0.5) is 4.39 Å². The minimum atomic E-state index is -1.19. The number of carbonyl (C=O) groups is 1. The van der Waals surface area contributed by atoms with Crippen molar-refractivity contribution in [3.05, 3.63) is 35.4 Å². The van der Waals surface area contributed by atoms with Crippen LogP contribution in [-0.2, 0) is 6.42 Å². The Hall–Kier alpha value is -1.22. The first-order chi connectivity index (χ1) is 8.13. The summed E-state index contributed by atoms with van der Waals surface area (Å²) >= 11 is 0. The van der Waals surface area contributed by atoms with Gasteiger partial charge in [0.2, 0.25) is 0 Å². The Morgan fingerprint density at radius 1 is 1.47 bits per heavy atom. The van der Waals surface area contributed by atoms with Gasteiger partial charge in [0, 0.05) is 18.5 Å². The first-order valence-corrected chi connectivity index (χ1v) is 6.03. The molecule has 1 fully saturated rings. The van der Waals surface area contributed by atoms with Gasteiger partial charge in [0.1, 0.15) is 12.0 Å². The first kappa shape index (κ1) is 12.2. The average Bonchev–Trinajstić information content (AvgIpc) is 2.29. The maximum atomic E-state index is 14.7. The molecule has 17 heavy (non-hydrogen) atoms. The summed E-state index contributed by atoms with van der Waals surface area (Å²) in [6.45, 7) is 1.42. The zero-order chi connectivity index (χ0) is 12.3. The number of aldehydes is 1. The predicted octanol–water partition coefficient (Wildman–Crippen LogP) is 2.48. The molecule has 0 radical (unpaired) electrons. The average molecular weight is 235 g/mol. The van der Waals surface area contributed by atoms with E-state index in [4.69, 9.17) is 0 Å². The van der Waals surface area contributed by atoms with Gasteiger partial charge in [-0.05, 0) is 32.0 Å². The SMILES string of the molecule is CN1CCCC(F)(Cc2ccccc2C=O)C1. The monoisotopic (exact) mass is 235 g/mol. The third-order valence-corrected chi connectivity index (χ3v) is 3.41. The molecule has 0 N–H and O–H groups in total. The highest BCUT2D eigenvalue weighted by Crippen LogP contribution is 2.29. The minimum absolute atomic E-state index is 0.340. The van der Waals surface area contributed by atoms with Gasteiger partial charge in [0.25, 0.3) is 0 Å². The van der Waals surface area contributed by atoms with E-state index in [-0.39, 0.29) is 0 Å². The highest BCUT2D eigenvalue weighted by atomic mass is 19.1. The molecule has 1 atom stereocenters. The molecule has 0 bridgehead atoms. The summed E-state index contributed by atoms with van der Waals surface area (Å²) in [5, 5.41) is 0. The highest BCUT2D eigenvalue weighted by molar-refractivity contribution is 5.77. The van der Waals surface area contributed by atoms with E-state index >= 15 is 0 Å². The Kier molecular flexibility index (Phi) is 3.57. The lowest BCUT2D eigenvalue weighted by molar-refractivity contribution is 0.0589. The van der Waals surface area contributed by atoms with Gasteiger partial charge >= 0.3 is 0 Å². The Morgan fingerprint density at radius 2 is 2.24 bits per heavy atom. The summed E-state index contributed by atoms with van der Waals surface area (Å²) in [6.07, 6.45) is 2.62. The standard InChI is InChI=1S/C14H18FNO/c1-16-8-4-7-14(15,11-16)9-12-5-2-3-6-13(12)10-17/h2-3,5-6,10H,4,7-9,11H2,1H3. The lowest BCUT2D eigenvalue weighted by Crippen LogP contribution is -2.44. The fraction of sp³-hybridized carbons (Fsp3) is 0.500. The molecule has 0 saturated carbocycles. The minimum Gasteiger partial charge on any atom is -0.303 e. The van der Waals surface area contributed by atoms with Crippen molar-refractivity contribution in [3.63, 3.8) is 0 Å². The number of hydrogen-bond acceptors (Lipinski definition) is 2. The van der Waals surface area contributed by atoms with Crippen LogP contribution >= 0.6 is 0 Å². The second-order valence-corrected chi connectivity index (χ2v) is 4.99. The summed E-state index contributed by atoms with van der Waals surface area (Å²) in [7, 11) is 1.94. The Balaban J connectivity index is 2.16. The number of rotatable bonds is 3. The summed E-state index contributed by atoms with van der Waals surface area (Å²) in [4.78, 5) is 12.9. The smallest absolute Gasteiger partial charge is 0.150 e. The molecule has 1 aliphatic heterocycles. The molecule has 3 heteroatoms. The summed E-state index contributed by atoms with van der Waals surface area (Å²) in [5.74, 6) is 0. The highest BCUT2D eigenvalue weighted by Gasteiger charge is 2.34. The topological polar surface area (TPSA) is 20.3 Å². The molecule has 1 unspecified atom stereocenters. The number of nitrogens with zero attached hydrogens (tertiary/aromatic N) is 1. The number of benzene rings is 1. The van der Waals surface area contributed by atoms with E-state index in [1.165, 1.54) is 0 Å². The zero-order valence-corrected chi connectivity index (χ0v) is 10.2. The molecule has 1 aliphatic rings. The molecule has 1 saturated heterocycles. The maximum absolute atomic E-state index is 14.7. The van der Waals surface area contributed by atoms with Crippen LogP contribution in [0, 0.1) is 0 Å². The molecule has 1 aromatic rings. The van der Waals surface area contributed by atoms with Crippen LogP contribution in [0.15, 0.2) is 24.3 Å². The third kappa shape index (κ3) is 2.91. The van der Waals surface area contributed by atoms with E-state index in [0.29, 0.717) is 24.9 Å². The molecular formula is C14H18FNO. The van der Waals surface area contributed by atoms with E-state index < -0.39 is 5.67 Å². The molecule has 0 aliphatic carbocycles. The number of hydrogen-bond donors (Lipinski definition) is 0. The second kappa shape index (κ2) is 4.96. The number of likely N-dealkylation sites (tertiary alicyclic amines) is 1. The van der Waals surface area contributed by atoms with Crippen molar-refractivity contribution in [2.24, 2.45) is 0 Å². The molecule has 0 aromatic heterocycles. The van der Waals surface area contributed by atoms with E-state index in [1.807, 2.05) is 30.1 Å². The van der Waals surface area contributed by atoms with E-state index in [0.717, 1.165) is 24.8 Å². The van der Waals surface area contributed by atoms with Crippen molar-refractivity contribution in [1.29, 1.82) is 0 Å².